The molecule has 1 aromatic rings. The van der Waals surface area contributed by atoms with Crippen LogP contribution in [0.5, 0.6) is 0 Å². The van der Waals surface area contributed by atoms with E-state index in [0.717, 1.165) is 0 Å². The zero-order valence-electron chi connectivity index (χ0n) is 9.99. The number of nitrogens with two attached hydrogens (primary N) is 1. The fourth-order valence-electron chi connectivity index (χ4n) is 1.90. The van der Waals surface area contributed by atoms with Crippen LogP contribution in [0.3, 0.4) is 0 Å². The molecule has 1 atom stereocenters. The summed E-state index contributed by atoms with van der Waals surface area (Å²) >= 11 is 0. The van der Waals surface area contributed by atoms with Crippen molar-refractivity contribution in [1.29, 1.82) is 0 Å². The molecule has 0 bridgehead atoms. The Kier molecular flexibility index (Phi) is 2.50. The van der Waals surface area contributed by atoms with Crippen molar-refractivity contribution in [3.8, 4) is 0 Å². The first-order valence-corrected chi connectivity index (χ1v) is 5.37. The second-order valence-corrected chi connectivity index (χ2v) is 4.60. The van der Waals surface area contributed by atoms with E-state index in [-0.39, 0.29) is 5.54 Å². The molecule has 3 N–H and O–H groups in total. The van der Waals surface area contributed by atoms with Gasteiger partial charge in [0.2, 0.25) is 0 Å². The third kappa shape index (κ3) is 1.83. The van der Waals surface area contributed by atoms with Crippen LogP contribution in [0.2, 0.25) is 0 Å². The van der Waals surface area contributed by atoms with Crippen LogP contribution in [0.15, 0.2) is 29.3 Å². The molecular formula is C12H18N4. The predicted octanol–water partition coefficient (Wildman–Crippen LogP) is 0.886. The summed E-state index contributed by atoms with van der Waals surface area (Å²) in [6.45, 7) is 2.81. The summed E-state index contributed by atoms with van der Waals surface area (Å²) in [5.41, 5.74) is 7.90. The van der Waals surface area contributed by atoms with E-state index >= 15 is 0 Å². The molecule has 0 aromatic heterocycles. The van der Waals surface area contributed by atoms with Crippen molar-refractivity contribution in [1.82, 2.24) is 5.32 Å². The Morgan fingerprint density at radius 2 is 1.94 bits per heavy atom. The standard InChI is InChI=1S/C12H18N4/c1-12(8-14-11(13)15-12)9-4-6-10(7-5-9)16(2)3/h4-7H,8H2,1-3H3,(H3,13,14,15). The molecule has 0 saturated carbocycles. The highest BCUT2D eigenvalue weighted by atomic mass is 15.2. The minimum Gasteiger partial charge on any atom is -0.378 e. The molecule has 0 radical (unpaired) electrons. The normalized spacial score (nSPS) is 23.8. The Morgan fingerprint density at radius 1 is 1.31 bits per heavy atom. The summed E-state index contributed by atoms with van der Waals surface area (Å²) in [4.78, 5) is 6.28. The lowest BCUT2D eigenvalue weighted by Gasteiger charge is -2.25. The number of nitrogens with one attached hydrogen (secondary N) is 1. The molecule has 4 nitrogen and oxygen atoms in total. The molecule has 0 saturated heterocycles. The zero-order valence-corrected chi connectivity index (χ0v) is 9.99. The van der Waals surface area contributed by atoms with Crippen molar-refractivity contribution in [3.63, 3.8) is 0 Å². The fourth-order valence-corrected chi connectivity index (χ4v) is 1.90. The van der Waals surface area contributed by atoms with Gasteiger partial charge in [-0.3, -0.25) is 4.99 Å². The first-order valence-electron chi connectivity index (χ1n) is 5.37. The molecule has 1 aliphatic rings. The van der Waals surface area contributed by atoms with Crippen molar-refractivity contribution in [2.75, 3.05) is 25.5 Å². The lowest BCUT2D eigenvalue weighted by atomic mass is 9.93. The molecule has 1 aliphatic heterocycles. The second-order valence-electron chi connectivity index (χ2n) is 4.60. The van der Waals surface area contributed by atoms with Crippen molar-refractivity contribution in [2.24, 2.45) is 10.7 Å². The lowest BCUT2D eigenvalue weighted by molar-refractivity contribution is 0.480. The highest BCUT2D eigenvalue weighted by Crippen LogP contribution is 2.25. The zero-order chi connectivity index (χ0) is 11.8. The van der Waals surface area contributed by atoms with Crippen molar-refractivity contribution >= 4 is 11.6 Å². The minimum atomic E-state index is -0.158. The number of benzene rings is 1. The maximum atomic E-state index is 5.66. The molecule has 1 aromatic carbocycles. The molecule has 4 heteroatoms. The highest BCUT2D eigenvalue weighted by molar-refractivity contribution is 5.81. The number of guanidine groups is 1. The molecule has 86 valence electrons. The molecule has 16 heavy (non-hydrogen) atoms. The highest BCUT2D eigenvalue weighted by Gasteiger charge is 2.31. The van der Waals surface area contributed by atoms with Gasteiger partial charge in [-0.05, 0) is 24.6 Å². The summed E-state index contributed by atoms with van der Waals surface area (Å²) < 4.78 is 0. The summed E-state index contributed by atoms with van der Waals surface area (Å²) in [5.74, 6) is 0.527. The molecule has 0 aliphatic carbocycles. The molecule has 0 fully saturated rings. The largest absolute Gasteiger partial charge is 0.378 e. The molecule has 1 heterocycles. The van der Waals surface area contributed by atoms with Crippen molar-refractivity contribution < 1.29 is 0 Å². The van der Waals surface area contributed by atoms with E-state index in [0.29, 0.717) is 12.5 Å². The van der Waals surface area contributed by atoms with Gasteiger partial charge >= 0.3 is 0 Å². The molecule has 0 spiro atoms. The Labute approximate surface area is 96.2 Å². The number of anilines is 1. The van der Waals surface area contributed by atoms with Gasteiger partial charge in [-0.25, -0.2) is 0 Å². The van der Waals surface area contributed by atoms with Gasteiger partial charge in [0.1, 0.15) is 0 Å². The van der Waals surface area contributed by atoms with E-state index in [1.807, 2.05) is 14.1 Å². The SMILES string of the molecule is CN(C)c1ccc(C2(C)CN=C(N)N2)cc1. The van der Waals surface area contributed by atoms with Crippen LogP contribution in [0.1, 0.15) is 12.5 Å². The predicted molar refractivity (Wildman–Crippen MR) is 67.7 cm³/mol. The maximum Gasteiger partial charge on any atom is 0.189 e. The van der Waals surface area contributed by atoms with Crippen molar-refractivity contribution in [3.05, 3.63) is 29.8 Å². The van der Waals surface area contributed by atoms with Crippen LogP contribution in [0.4, 0.5) is 5.69 Å². The topological polar surface area (TPSA) is 53.6 Å². The maximum absolute atomic E-state index is 5.66. The van der Waals surface area contributed by atoms with Gasteiger partial charge in [0.25, 0.3) is 0 Å². The van der Waals surface area contributed by atoms with Gasteiger partial charge in [0, 0.05) is 19.8 Å². The van der Waals surface area contributed by atoms with E-state index in [4.69, 9.17) is 5.73 Å². The van der Waals surface area contributed by atoms with E-state index in [2.05, 4.69) is 46.4 Å². The van der Waals surface area contributed by atoms with Gasteiger partial charge in [-0.2, -0.15) is 0 Å². The van der Waals surface area contributed by atoms with Crippen molar-refractivity contribution in [2.45, 2.75) is 12.5 Å². The third-order valence-electron chi connectivity index (χ3n) is 2.99. The van der Waals surface area contributed by atoms with E-state index in [1.54, 1.807) is 0 Å². The smallest absolute Gasteiger partial charge is 0.189 e. The van der Waals surface area contributed by atoms with Crippen LogP contribution < -0.4 is 16.0 Å². The Balaban J connectivity index is 2.22. The average molecular weight is 218 g/mol. The number of hydrogen-bond donors (Lipinski definition) is 2. The summed E-state index contributed by atoms with van der Waals surface area (Å²) in [6, 6.07) is 8.46. The molecule has 2 rings (SSSR count). The molecule has 1 unspecified atom stereocenters. The van der Waals surface area contributed by atoms with Crippen LogP contribution in [-0.4, -0.2) is 26.6 Å². The number of hydrogen-bond acceptors (Lipinski definition) is 4. The Bertz CT molecular complexity index is 408. The minimum absolute atomic E-state index is 0.158. The fraction of sp³-hybridized carbons (Fsp3) is 0.417. The number of rotatable bonds is 2. The first kappa shape index (κ1) is 10.8. The van der Waals surface area contributed by atoms with Crippen LogP contribution in [0, 0.1) is 0 Å². The van der Waals surface area contributed by atoms with Gasteiger partial charge in [-0.1, -0.05) is 12.1 Å². The van der Waals surface area contributed by atoms with E-state index < -0.39 is 0 Å². The van der Waals surface area contributed by atoms with Gasteiger partial charge in [0.15, 0.2) is 5.96 Å². The summed E-state index contributed by atoms with van der Waals surface area (Å²) in [5, 5.41) is 3.21. The van der Waals surface area contributed by atoms with Gasteiger partial charge < -0.3 is 16.0 Å². The number of aliphatic imine (C=N–C) groups is 1. The van der Waals surface area contributed by atoms with Crippen LogP contribution in [0.25, 0.3) is 0 Å². The summed E-state index contributed by atoms with van der Waals surface area (Å²) in [7, 11) is 4.07. The summed E-state index contributed by atoms with van der Waals surface area (Å²) in [6.07, 6.45) is 0. The van der Waals surface area contributed by atoms with Gasteiger partial charge in [-0.15, -0.1) is 0 Å². The average Bonchev–Trinajstić information content (AvgIpc) is 2.60. The first-order chi connectivity index (χ1) is 7.51. The Morgan fingerprint density at radius 3 is 2.38 bits per heavy atom. The third-order valence-corrected chi connectivity index (χ3v) is 2.99. The quantitative estimate of drug-likeness (QED) is 0.775. The van der Waals surface area contributed by atoms with Gasteiger partial charge in [0.05, 0.1) is 12.1 Å². The lowest BCUT2D eigenvalue weighted by Crippen LogP contribution is -2.42. The van der Waals surface area contributed by atoms with E-state index in [9.17, 15) is 0 Å². The molecular weight excluding hydrogens is 200 g/mol. The van der Waals surface area contributed by atoms with Crippen LogP contribution >= 0.6 is 0 Å². The number of nitrogens with zero attached hydrogens (tertiary/aromatic N) is 2. The second kappa shape index (κ2) is 3.70. The Hall–Kier alpha value is -1.71. The van der Waals surface area contributed by atoms with E-state index in [1.165, 1.54) is 11.3 Å². The van der Waals surface area contributed by atoms with Crippen LogP contribution in [-0.2, 0) is 5.54 Å². The molecule has 0 amide bonds. The monoisotopic (exact) mass is 218 g/mol.